The van der Waals surface area contributed by atoms with Gasteiger partial charge in [-0.3, -0.25) is 14.5 Å². The molecule has 0 amide bonds. The van der Waals surface area contributed by atoms with Crippen LogP contribution in [0.15, 0.2) is 48.7 Å². The van der Waals surface area contributed by atoms with Gasteiger partial charge in [-0.25, -0.2) is 0 Å². The lowest BCUT2D eigenvalue weighted by Gasteiger charge is -2.08. The van der Waals surface area contributed by atoms with Gasteiger partial charge in [0.15, 0.2) is 0 Å². The molecule has 0 aliphatic heterocycles. The molecule has 0 spiro atoms. The quantitative estimate of drug-likeness (QED) is 0.606. The first-order valence-electron chi connectivity index (χ1n) is 8.26. The number of ether oxygens (including phenoxy) is 1. The molecule has 140 valence electrons. The number of aromatic nitrogens is 3. The lowest BCUT2D eigenvalue weighted by Crippen LogP contribution is -2.09. The SMILES string of the molecule is O=C(O)CCc1cc(OCc2ccccn2)nn1Cc1ccc(Cl)cc1Cl. The van der Waals surface area contributed by atoms with Crippen LogP contribution in [-0.2, 0) is 24.4 Å². The minimum Gasteiger partial charge on any atom is -0.481 e. The number of carbonyl (C=O) groups is 1. The predicted octanol–water partition coefficient (Wildman–Crippen LogP) is 4.23. The summed E-state index contributed by atoms with van der Waals surface area (Å²) in [6, 6.07) is 12.6. The molecule has 0 saturated heterocycles. The Morgan fingerprint density at radius 3 is 2.74 bits per heavy atom. The molecule has 2 heterocycles. The summed E-state index contributed by atoms with van der Waals surface area (Å²) in [5, 5.41) is 14.5. The van der Waals surface area contributed by atoms with Crippen molar-refractivity contribution >= 4 is 29.2 Å². The molecule has 1 aromatic carbocycles. The molecule has 0 aliphatic carbocycles. The Morgan fingerprint density at radius 1 is 1.19 bits per heavy atom. The highest BCUT2D eigenvalue weighted by Gasteiger charge is 2.13. The second kappa shape index (κ2) is 8.88. The number of carboxylic acids is 1. The van der Waals surface area contributed by atoms with Crippen LogP contribution in [0.5, 0.6) is 5.88 Å². The number of halogens is 2. The minimum atomic E-state index is -0.872. The molecule has 3 aromatic rings. The second-order valence-corrected chi connectivity index (χ2v) is 6.71. The van der Waals surface area contributed by atoms with E-state index in [4.69, 9.17) is 33.0 Å². The lowest BCUT2D eigenvalue weighted by atomic mass is 10.2. The summed E-state index contributed by atoms with van der Waals surface area (Å²) in [5.41, 5.74) is 2.36. The molecule has 8 heteroatoms. The number of carboxylic acid groups (broad SMARTS) is 1. The molecule has 0 radical (unpaired) electrons. The van der Waals surface area contributed by atoms with Crippen LogP contribution < -0.4 is 4.74 Å². The monoisotopic (exact) mass is 405 g/mol. The first-order valence-corrected chi connectivity index (χ1v) is 9.02. The third-order valence-corrected chi connectivity index (χ3v) is 4.45. The number of hydrogen-bond donors (Lipinski definition) is 1. The van der Waals surface area contributed by atoms with E-state index in [2.05, 4.69) is 10.1 Å². The zero-order chi connectivity index (χ0) is 19.2. The van der Waals surface area contributed by atoms with Crippen molar-refractivity contribution < 1.29 is 14.6 Å². The fourth-order valence-corrected chi connectivity index (χ4v) is 2.98. The maximum Gasteiger partial charge on any atom is 0.303 e. The predicted molar refractivity (Wildman–Crippen MR) is 102 cm³/mol. The van der Waals surface area contributed by atoms with Crippen molar-refractivity contribution in [3.63, 3.8) is 0 Å². The summed E-state index contributed by atoms with van der Waals surface area (Å²) in [6.45, 7) is 0.663. The Morgan fingerprint density at radius 2 is 2.04 bits per heavy atom. The highest BCUT2D eigenvalue weighted by Crippen LogP contribution is 2.23. The molecule has 3 rings (SSSR count). The van der Waals surface area contributed by atoms with Crippen LogP contribution in [-0.4, -0.2) is 25.8 Å². The average molecular weight is 406 g/mol. The van der Waals surface area contributed by atoms with Crippen molar-refractivity contribution in [3.8, 4) is 5.88 Å². The third kappa shape index (κ3) is 5.45. The minimum absolute atomic E-state index is 0.000274. The van der Waals surface area contributed by atoms with Crippen LogP contribution in [0.2, 0.25) is 10.0 Å². The normalized spacial score (nSPS) is 10.7. The van der Waals surface area contributed by atoms with Crippen LogP contribution in [0.25, 0.3) is 0 Å². The lowest BCUT2D eigenvalue weighted by molar-refractivity contribution is -0.136. The topological polar surface area (TPSA) is 77.2 Å². The summed E-state index contributed by atoms with van der Waals surface area (Å²) in [6.07, 6.45) is 2.03. The smallest absolute Gasteiger partial charge is 0.303 e. The van der Waals surface area contributed by atoms with Crippen LogP contribution in [0.3, 0.4) is 0 Å². The Bertz CT molecular complexity index is 929. The molecule has 0 saturated carbocycles. The maximum atomic E-state index is 10.9. The summed E-state index contributed by atoms with van der Waals surface area (Å²) in [4.78, 5) is 15.1. The van der Waals surface area contributed by atoms with Crippen LogP contribution >= 0.6 is 23.2 Å². The summed E-state index contributed by atoms with van der Waals surface area (Å²) in [5.74, 6) is -0.464. The molecule has 0 atom stereocenters. The Kier molecular flexibility index (Phi) is 6.32. The standard InChI is InChI=1S/C19H17Cl2N3O3/c20-14-5-4-13(17(21)9-14)11-24-16(6-7-19(25)26)10-18(23-24)27-12-15-3-1-2-8-22-15/h1-5,8-10H,6-7,11-12H2,(H,25,26). The molecule has 2 aromatic heterocycles. The van der Waals surface area contributed by atoms with E-state index < -0.39 is 5.97 Å². The average Bonchev–Trinajstić information content (AvgIpc) is 3.03. The van der Waals surface area contributed by atoms with Gasteiger partial charge >= 0.3 is 5.97 Å². The van der Waals surface area contributed by atoms with E-state index in [1.165, 1.54) is 0 Å². The second-order valence-electron chi connectivity index (χ2n) is 5.87. The number of benzene rings is 1. The molecule has 6 nitrogen and oxygen atoms in total. The largest absolute Gasteiger partial charge is 0.481 e. The van der Waals surface area contributed by atoms with Crippen LogP contribution in [0.4, 0.5) is 0 Å². The highest BCUT2D eigenvalue weighted by molar-refractivity contribution is 6.35. The van der Waals surface area contributed by atoms with Crippen molar-refractivity contribution in [2.24, 2.45) is 0 Å². The van der Waals surface area contributed by atoms with Crippen LogP contribution in [0.1, 0.15) is 23.4 Å². The van der Waals surface area contributed by atoms with Crippen molar-refractivity contribution in [1.82, 2.24) is 14.8 Å². The van der Waals surface area contributed by atoms with E-state index in [0.717, 1.165) is 17.0 Å². The summed E-state index contributed by atoms with van der Waals surface area (Å²) < 4.78 is 7.41. The number of hydrogen-bond acceptors (Lipinski definition) is 4. The molecule has 0 bridgehead atoms. The zero-order valence-corrected chi connectivity index (χ0v) is 15.8. The molecular formula is C19H17Cl2N3O3. The number of pyridine rings is 1. The summed E-state index contributed by atoms with van der Waals surface area (Å²) >= 11 is 12.2. The Labute approximate surface area is 166 Å². The van der Waals surface area contributed by atoms with Gasteiger partial charge in [0, 0.05) is 28.0 Å². The van der Waals surface area contributed by atoms with Gasteiger partial charge in [-0.1, -0.05) is 35.3 Å². The van der Waals surface area contributed by atoms with Gasteiger partial charge in [-0.05, 0) is 36.2 Å². The van der Waals surface area contributed by atoms with Gasteiger partial charge in [-0.15, -0.1) is 5.10 Å². The van der Waals surface area contributed by atoms with E-state index >= 15 is 0 Å². The highest BCUT2D eigenvalue weighted by atomic mass is 35.5. The first kappa shape index (κ1) is 19.2. The van der Waals surface area contributed by atoms with E-state index in [1.807, 2.05) is 24.3 Å². The first-order chi connectivity index (χ1) is 13.0. The molecule has 1 N–H and O–H groups in total. The zero-order valence-electron chi connectivity index (χ0n) is 14.3. The molecular weight excluding hydrogens is 389 g/mol. The Balaban J connectivity index is 1.79. The van der Waals surface area contributed by atoms with E-state index in [0.29, 0.717) is 28.9 Å². The molecule has 0 aliphatic rings. The molecule has 0 fully saturated rings. The van der Waals surface area contributed by atoms with Crippen molar-refractivity contribution in [3.05, 3.63) is 75.7 Å². The third-order valence-electron chi connectivity index (χ3n) is 3.87. The number of aryl methyl sites for hydroxylation is 1. The van der Waals surface area contributed by atoms with Gasteiger partial charge in [0.05, 0.1) is 18.7 Å². The van der Waals surface area contributed by atoms with Crippen molar-refractivity contribution in [2.75, 3.05) is 0 Å². The number of aliphatic carboxylic acids is 1. The van der Waals surface area contributed by atoms with Gasteiger partial charge < -0.3 is 9.84 Å². The summed E-state index contributed by atoms with van der Waals surface area (Å²) in [7, 11) is 0. The Hall–Kier alpha value is -2.57. The van der Waals surface area contributed by atoms with Crippen molar-refractivity contribution in [1.29, 1.82) is 0 Å². The molecule has 0 unspecified atom stereocenters. The van der Waals surface area contributed by atoms with E-state index in [9.17, 15) is 4.79 Å². The number of rotatable bonds is 8. The van der Waals surface area contributed by atoms with Crippen LogP contribution in [0, 0.1) is 0 Å². The van der Waals surface area contributed by atoms with Gasteiger partial charge in [0.1, 0.15) is 6.61 Å². The van der Waals surface area contributed by atoms with Gasteiger partial charge in [0.25, 0.3) is 0 Å². The molecule has 27 heavy (non-hydrogen) atoms. The van der Waals surface area contributed by atoms with E-state index in [-0.39, 0.29) is 13.0 Å². The fourth-order valence-electron chi connectivity index (χ4n) is 2.52. The maximum absolute atomic E-state index is 10.9. The van der Waals surface area contributed by atoms with E-state index in [1.54, 1.807) is 29.1 Å². The van der Waals surface area contributed by atoms with Crippen molar-refractivity contribution in [2.45, 2.75) is 26.0 Å². The van der Waals surface area contributed by atoms with Gasteiger partial charge in [-0.2, -0.15) is 0 Å². The number of nitrogens with zero attached hydrogens (tertiary/aromatic N) is 3. The van der Waals surface area contributed by atoms with Gasteiger partial charge in [0.2, 0.25) is 5.88 Å². The fraction of sp³-hybridized carbons (Fsp3) is 0.211.